The molecule has 1 heterocycles. The molecule has 0 aliphatic carbocycles. The summed E-state index contributed by atoms with van der Waals surface area (Å²) in [6, 6.07) is 7.73. The summed E-state index contributed by atoms with van der Waals surface area (Å²) in [5, 5.41) is 10.3. The zero-order valence-electron chi connectivity index (χ0n) is 12.3. The second kappa shape index (κ2) is 6.30. The molecule has 1 aromatic carbocycles. The first-order valence-corrected chi connectivity index (χ1v) is 6.76. The van der Waals surface area contributed by atoms with E-state index < -0.39 is 0 Å². The lowest BCUT2D eigenvalue weighted by Crippen LogP contribution is -2.20. The third-order valence-corrected chi connectivity index (χ3v) is 3.28. The van der Waals surface area contributed by atoms with Crippen LogP contribution in [-0.4, -0.2) is 27.2 Å². The van der Waals surface area contributed by atoms with Crippen LogP contribution in [0.1, 0.15) is 41.5 Å². The molecule has 0 bridgehead atoms. The molecule has 110 valence electrons. The topological polar surface area (TPSA) is 76.9 Å². The van der Waals surface area contributed by atoms with Crippen molar-refractivity contribution in [2.24, 2.45) is 0 Å². The van der Waals surface area contributed by atoms with Gasteiger partial charge in [-0.05, 0) is 30.5 Å². The number of anilines is 1. The average Bonchev–Trinajstić information content (AvgIpc) is 2.80. The van der Waals surface area contributed by atoms with Crippen molar-refractivity contribution in [3.63, 3.8) is 0 Å². The maximum atomic E-state index is 12.0. The molecule has 0 aliphatic rings. The molecule has 2 rings (SSSR count). The molecule has 0 unspecified atom stereocenters. The predicted molar refractivity (Wildman–Crippen MR) is 79.3 cm³/mol. The maximum absolute atomic E-state index is 12.0. The number of amides is 1. The highest BCUT2D eigenvalue weighted by atomic mass is 16.2. The van der Waals surface area contributed by atoms with Crippen LogP contribution in [0.4, 0.5) is 5.69 Å². The van der Waals surface area contributed by atoms with Crippen LogP contribution in [0.2, 0.25) is 0 Å². The molecule has 0 saturated carbocycles. The number of nitrogens with zero attached hydrogens (tertiary/aromatic N) is 3. The van der Waals surface area contributed by atoms with Gasteiger partial charge in [0, 0.05) is 5.69 Å². The van der Waals surface area contributed by atoms with E-state index in [0.29, 0.717) is 17.9 Å². The Morgan fingerprint density at radius 3 is 2.52 bits per heavy atom. The summed E-state index contributed by atoms with van der Waals surface area (Å²) in [5.74, 6) is 0.243. The summed E-state index contributed by atoms with van der Waals surface area (Å²) in [4.78, 5) is 22.7. The minimum absolute atomic E-state index is 0.0264. The first kappa shape index (κ1) is 14.9. The number of benzene rings is 1. The van der Waals surface area contributed by atoms with E-state index in [-0.39, 0.29) is 18.1 Å². The second-order valence-corrected chi connectivity index (χ2v) is 5.16. The number of rotatable bonds is 5. The SMILES string of the molecule is Cc1c(C=O)nnn1CC(=O)Nc1ccc(C(C)C)cc1. The van der Waals surface area contributed by atoms with Gasteiger partial charge in [0.15, 0.2) is 6.29 Å². The first-order chi connectivity index (χ1) is 10.0. The molecular formula is C15H18N4O2. The van der Waals surface area contributed by atoms with Crippen LogP contribution < -0.4 is 5.32 Å². The van der Waals surface area contributed by atoms with Gasteiger partial charge in [0.05, 0.1) is 5.69 Å². The second-order valence-electron chi connectivity index (χ2n) is 5.16. The molecule has 1 N–H and O–H groups in total. The molecule has 2 aromatic rings. The third kappa shape index (κ3) is 3.53. The van der Waals surface area contributed by atoms with Crippen LogP contribution in [0, 0.1) is 6.92 Å². The van der Waals surface area contributed by atoms with E-state index in [2.05, 4.69) is 29.5 Å². The molecule has 0 fully saturated rings. The maximum Gasteiger partial charge on any atom is 0.246 e. The predicted octanol–water partition coefficient (Wildman–Crippen LogP) is 2.16. The summed E-state index contributed by atoms with van der Waals surface area (Å²) >= 11 is 0. The average molecular weight is 286 g/mol. The van der Waals surface area contributed by atoms with E-state index in [0.717, 1.165) is 5.69 Å². The van der Waals surface area contributed by atoms with E-state index in [1.165, 1.54) is 10.2 Å². The fraction of sp³-hybridized carbons (Fsp3) is 0.333. The summed E-state index contributed by atoms with van der Waals surface area (Å²) in [5.41, 5.74) is 2.79. The van der Waals surface area contributed by atoms with Gasteiger partial charge in [-0.25, -0.2) is 4.68 Å². The number of aromatic nitrogens is 3. The van der Waals surface area contributed by atoms with Gasteiger partial charge >= 0.3 is 0 Å². The molecule has 0 radical (unpaired) electrons. The highest BCUT2D eigenvalue weighted by Gasteiger charge is 2.11. The minimum atomic E-state index is -0.210. The monoisotopic (exact) mass is 286 g/mol. The van der Waals surface area contributed by atoms with Gasteiger partial charge in [0.2, 0.25) is 5.91 Å². The highest BCUT2D eigenvalue weighted by molar-refractivity contribution is 5.90. The molecule has 0 saturated heterocycles. The smallest absolute Gasteiger partial charge is 0.246 e. The molecular weight excluding hydrogens is 268 g/mol. The lowest BCUT2D eigenvalue weighted by Gasteiger charge is -2.09. The van der Waals surface area contributed by atoms with Gasteiger partial charge in [0.1, 0.15) is 12.2 Å². The van der Waals surface area contributed by atoms with Crippen molar-refractivity contribution in [1.29, 1.82) is 0 Å². The van der Waals surface area contributed by atoms with Gasteiger partial charge in [0.25, 0.3) is 0 Å². The number of carbonyl (C=O) groups is 2. The Bertz CT molecular complexity index is 644. The fourth-order valence-corrected chi connectivity index (χ4v) is 1.92. The van der Waals surface area contributed by atoms with Gasteiger partial charge in [-0.2, -0.15) is 0 Å². The van der Waals surface area contributed by atoms with Crippen LogP contribution in [0.25, 0.3) is 0 Å². The van der Waals surface area contributed by atoms with Crippen LogP contribution >= 0.6 is 0 Å². The lowest BCUT2D eigenvalue weighted by molar-refractivity contribution is -0.117. The van der Waals surface area contributed by atoms with E-state index in [1.807, 2.05) is 24.3 Å². The summed E-state index contributed by atoms with van der Waals surface area (Å²) < 4.78 is 1.40. The first-order valence-electron chi connectivity index (χ1n) is 6.76. The molecule has 1 aromatic heterocycles. The molecule has 0 aliphatic heterocycles. The van der Waals surface area contributed by atoms with E-state index in [4.69, 9.17) is 0 Å². The van der Waals surface area contributed by atoms with Crippen molar-refractivity contribution in [3.05, 3.63) is 41.2 Å². The van der Waals surface area contributed by atoms with Gasteiger partial charge in [-0.3, -0.25) is 9.59 Å². The van der Waals surface area contributed by atoms with E-state index in [1.54, 1.807) is 6.92 Å². The van der Waals surface area contributed by atoms with Crippen molar-refractivity contribution in [1.82, 2.24) is 15.0 Å². The Hall–Kier alpha value is -2.50. The van der Waals surface area contributed by atoms with Crippen molar-refractivity contribution < 1.29 is 9.59 Å². The van der Waals surface area contributed by atoms with Crippen LogP contribution in [0.5, 0.6) is 0 Å². The fourth-order valence-electron chi connectivity index (χ4n) is 1.92. The third-order valence-electron chi connectivity index (χ3n) is 3.28. The minimum Gasteiger partial charge on any atom is -0.324 e. The van der Waals surface area contributed by atoms with Gasteiger partial charge in [-0.1, -0.05) is 31.2 Å². The Morgan fingerprint density at radius 1 is 1.33 bits per heavy atom. The molecule has 0 spiro atoms. The Morgan fingerprint density at radius 2 is 2.00 bits per heavy atom. The number of nitrogens with one attached hydrogen (secondary N) is 1. The summed E-state index contributed by atoms with van der Waals surface area (Å²) in [7, 11) is 0. The summed E-state index contributed by atoms with van der Waals surface area (Å²) in [6.07, 6.45) is 0.626. The normalized spacial score (nSPS) is 10.7. The Kier molecular flexibility index (Phi) is 4.47. The lowest BCUT2D eigenvalue weighted by atomic mass is 10.0. The zero-order chi connectivity index (χ0) is 15.4. The molecule has 6 heteroatoms. The molecule has 21 heavy (non-hydrogen) atoms. The van der Waals surface area contributed by atoms with E-state index >= 15 is 0 Å². The largest absolute Gasteiger partial charge is 0.324 e. The molecule has 0 atom stereocenters. The Balaban J connectivity index is 2.01. The van der Waals surface area contributed by atoms with Crippen molar-refractivity contribution in [3.8, 4) is 0 Å². The Labute approximate surface area is 123 Å². The number of hydrogen-bond donors (Lipinski definition) is 1. The standard InChI is InChI=1S/C15H18N4O2/c1-10(2)12-4-6-13(7-5-12)16-15(21)8-19-11(3)14(9-20)17-18-19/h4-7,9-10H,8H2,1-3H3,(H,16,21). The quantitative estimate of drug-likeness (QED) is 0.854. The van der Waals surface area contributed by atoms with Gasteiger partial charge in [-0.15, -0.1) is 5.10 Å². The molecule has 6 nitrogen and oxygen atoms in total. The van der Waals surface area contributed by atoms with Crippen LogP contribution in [-0.2, 0) is 11.3 Å². The van der Waals surface area contributed by atoms with Crippen molar-refractivity contribution in [2.45, 2.75) is 33.2 Å². The number of carbonyl (C=O) groups excluding carboxylic acids is 2. The van der Waals surface area contributed by atoms with Gasteiger partial charge < -0.3 is 5.32 Å². The summed E-state index contributed by atoms with van der Waals surface area (Å²) in [6.45, 7) is 5.96. The van der Waals surface area contributed by atoms with Crippen LogP contribution in [0.15, 0.2) is 24.3 Å². The van der Waals surface area contributed by atoms with Crippen molar-refractivity contribution >= 4 is 17.9 Å². The highest BCUT2D eigenvalue weighted by Crippen LogP contribution is 2.17. The zero-order valence-corrected chi connectivity index (χ0v) is 12.3. The number of hydrogen-bond acceptors (Lipinski definition) is 4. The van der Waals surface area contributed by atoms with Crippen LogP contribution in [0.3, 0.4) is 0 Å². The van der Waals surface area contributed by atoms with E-state index in [9.17, 15) is 9.59 Å². The molecule has 1 amide bonds. The van der Waals surface area contributed by atoms with Crippen molar-refractivity contribution in [2.75, 3.05) is 5.32 Å². The number of aldehydes is 1.